The first-order valence-electron chi connectivity index (χ1n) is 14.5. The van der Waals surface area contributed by atoms with Crippen molar-refractivity contribution < 1.29 is 49.4 Å². The first kappa shape index (κ1) is 35.8. The zero-order chi connectivity index (χ0) is 35.1. The molecule has 8 nitrogen and oxygen atoms in total. The summed E-state index contributed by atoms with van der Waals surface area (Å²) in [6.45, 7) is 4.59. The molecule has 4 rings (SSSR count). The number of fused-ring (bicyclic) bond motifs is 1. The van der Waals surface area contributed by atoms with Crippen LogP contribution in [-0.2, 0) is 36.9 Å². The molecule has 1 aromatic heterocycles. The number of hydrogen-bond donors (Lipinski definition) is 1. The molecule has 0 amide bonds. The van der Waals surface area contributed by atoms with Crippen molar-refractivity contribution in [2.45, 2.75) is 77.6 Å². The van der Waals surface area contributed by atoms with E-state index in [0.29, 0.717) is 30.5 Å². The summed E-state index contributed by atoms with van der Waals surface area (Å²) in [5.74, 6) is -1.18. The van der Waals surface area contributed by atoms with Crippen LogP contribution in [0.3, 0.4) is 0 Å². The van der Waals surface area contributed by atoms with Crippen LogP contribution in [0.4, 0.5) is 51.1 Å². The van der Waals surface area contributed by atoms with Gasteiger partial charge in [-0.1, -0.05) is 25.0 Å². The average Bonchev–Trinajstić information content (AvgIpc) is 3.27. The SMILES string of the molecule is Cc1cc2c(cc1C(F)(F)F)N(CCC(C)(C)CC(=O)O)CCC[C@@H]2N(Cc1cc(C(F)(F)F)cc(C(F)(F)F)c1)c1nnn(C)n1. The van der Waals surface area contributed by atoms with E-state index >= 15 is 0 Å². The molecule has 0 saturated heterocycles. The van der Waals surface area contributed by atoms with E-state index < -0.39 is 59.2 Å². The molecule has 1 atom stereocenters. The molecule has 1 aliphatic heterocycles. The maximum Gasteiger partial charge on any atom is 0.416 e. The smallest absolute Gasteiger partial charge is 0.416 e. The van der Waals surface area contributed by atoms with Gasteiger partial charge in [-0.15, -0.1) is 5.10 Å². The topological polar surface area (TPSA) is 87.4 Å². The van der Waals surface area contributed by atoms with Crippen LogP contribution in [0.15, 0.2) is 30.3 Å². The number of rotatable bonds is 9. The number of aliphatic carboxylic acids is 1. The van der Waals surface area contributed by atoms with E-state index in [1.54, 1.807) is 18.7 Å². The van der Waals surface area contributed by atoms with E-state index in [9.17, 15) is 49.4 Å². The van der Waals surface area contributed by atoms with E-state index in [1.165, 1.54) is 24.9 Å². The van der Waals surface area contributed by atoms with Gasteiger partial charge in [-0.3, -0.25) is 4.79 Å². The Hall–Kier alpha value is -4.05. The van der Waals surface area contributed by atoms with Crippen molar-refractivity contribution in [1.29, 1.82) is 0 Å². The van der Waals surface area contributed by atoms with Gasteiger partial charge in [0.25, 0.3) is 5.95 Å². The summed E-state index contributed by atoms with van der Waals surface area (Å²) in [6, 6.07) is 2.61. The fourth-order valence-corrected chi connectivity index (χ4v) is 5.82. The Balaban J connectivity index is 1.87. The fraction of sp³-hybridized carbons (Fsp3) is 0.533. The van der Waals surface area contributed by atoms with Gasteiger partial charge in [0.15, 0.2) is 0 Å². The second kappa shape index (κ2) is 12.9. The van der Waals surface area contributed by atoms with E-state index in [0.717, 1.165) is 10.9 Å². The lowest BCUT2D eigenvalue weighted by Crippen LogP contribution is -2.32. The first-order chi connectivity index (χ1) is 21.5. The van der Waals surface area contributed by atoms with Crippen LogP contribution in [0, 0.1) is 12.3 Å². The fourth-order valence-electron chi connectivity index (χ4n) is 5.82. The van der Waals surface area contributed by atoms with Crippen molar-refractivity contribution in [3.63, 3.8) is 0 Å². The van der Waals surface area contributed by atoms with E-state index in [2.05, 4.69) is 15.4 Å². The van der Waals surface area contributed by atoms with Crippen LogP contribution in [0.25, 0.3) is 0 Å². The van der Waals surface area contributed by atoms with Gasteiger partial charge < -0.3 is 14.9 Å². The Bertz CT molecular complexity index is 1570. The van der Waals surface area contributed by atoms with Crippen molar-refractivity contribution in [2.24, 2.45) is 12.5 Å². The Morgan fingerprint density at radius 1 is 0.957 bits per heavy atom. The van der Waals surface area contributed by atoms with Gasteiger partial charge in [0.2, 0.25) is 0 Å². The summed E-state index contributed by atoms with van der Waals surface area (Å²) in [5, 5.41) is 21.2. The second-order valence-corrected chi connectivity index (χ2v) is 12.5. The number of carboxylic acid groups (broad SMARTS) is 1. The number of tetrazole rings is 1. The maximum absolute atomic E-state index is 14.1. The third-order valence-electron chi connectivity index (χ3n) is 8.10. The number of aromatic nitrogens is 4. The molecule has 2 heterocycles. The Morgan fingerprint density at radius 3 is 2.09 bits per heavy atom. The predicted octanol–water partition coefficient (Wildman–Crippen LogP) is 7.81. The predicted molar refractivity (Wildman–Crippen MR) is 152 cm³/mol. The highest BCUT2D eigenvalue weighted by Gasteiger charge is 2.39. The highest BCUT2D eigenvalue weighted by atomic mass is 19.4. The molecule has 3 aromatic rings. The van der Waals surface area contributed by atoms with Gasteiger partial charge in [-0.05, 0) is 77.8 Å². The lowest BCUT2D eigenvalue weighted by atomic mass is 9.85. The minimum absolute atomic E-state index is 0.0150. The number of carbonyl (C=O) groups is 1. The van der Waals surface area contributed by atoms with Crippen molar-refractivity contribution in [1.82, 2.24) is 20.2 Å². The molecule has 0 saturated carbocycles. The third-order valence-corrected chi connectivity index (χ3v) is 8.10. The van der Waals surface area contributed by atoms with Crippen LogP contribution in [0.2, 0.25) is 0 Å². The maximum atomic E-state index is 14.1. The molecule has 47 heavy (non-hydrogen) atoms. The highest BCUT2D eigenvalue weighted by Crippen LogP contribution is 2.44. The average molecular weight is 681 g/mol. The molecule has 0 bridgehead atoms. The minimum Gasteiger partial charge on any atom is -0.481 e. The molecule has 0 spiro atoms. The summed E-state index contributed by atoms with van der Waals surface area (Å²) in [5.41, 5.74) is -4.67. The van der Waals surface area contributed by atoms with E-state index in [1.807, 2.05) is 0 Å². The Labute approximate surface area is 264 Å². The van der Waals surface area contributed by atoms with E-state index in [4.69, 9.17) is 0 Å². The van der Waals surface area contributed by atoms with Crippen molar-refractivity contribution in [3.8, 4) is 0 Å². The number of nitrogens with zero attached hydrogens (tertiary/aromatic N) is 6. The first-order valence-corrected chi connectivity index (χ1v) is 14.5. The van der Waals surface area contributed by atoms with Crippen molar-refractivity contribution in [2.75, 3.05) is 22.9 Å². The standard InChI is InChI=1S/C30H33F9N6O2/c1-17-10-21-23(6-5-8-44(9-7-27(2,3)15-25(46)47)24(21)14-22(17)30(37,38)39)45(26-40-42-43(4)41-26)16-18-11-19(28(31,32)33)13-20(12-18)29(34,35)36/h10-14,23H,5-9,15-16H2,1-4H3,(H,46,47)/t23-/m0/s1. The molecule has 0 radical (unpaired) electrons. The number of hydrogen-bond acceptors (Lipinski definition) is 6. The number of halogens is 9. The molecule has 0 fully saturated rings. The molecule has 0 unspecified atom stereocenters. The van der Waals surface area contributed by atoms with E-state index in [-0.39, 0.29) is 54.8 Å². The normalized spacial score (nSPS) is 16.2. The molecule has 1 aliphatic rings. The zero-order valence-electron chi connectivity index (χ0n) is 25.9. The van der Waals surface area contributed by atoms with Gasteiger partial charge >= 0.3 is 24.5 Å². The third kappa shape index (κ3) is 8.66. The number of carboxylic acids is 1. The molecular weight excluding hydrogens is 647 g/mol. The number of anilines is 2. The summed E-state index contributed by atoms with van der Waals surface area (Å²) < 4.78 is 125. The quantitative estimate of drug-likeness (QED) is 0.231. The molecule has 1 N–H and O–H groups in total. The molecule has 258 valence electrons. The molecule has 0 aliphatic carbocycles. The molecule has 2 aromatic carbocycles. The number of benzene rings is 2. The van der Waals surface area contributed by atoms with Gasteiger partial charge in [0, 0.05) is 25.3 Å². The highest BCUT2D eigenvalue weighted by molar-refractivity contribution is 5.67. The van der Waals surface area contributed by atoms with Gasteiger partial charge in [-0.2, -0.15) is 44.3 Å². The lowest BCUT2D eigenvalue weighted by Gasteiger charge is -2.34. The van der Waals surface area contributed by atoms with Crippen molar-refractivity contribution >= 4 is 17.6 Å². The van der Waals surface area contributed by atoms with Crippen LogP contribution < -0.4 is 9.80 Å². The van der Waals surface area contributed by atoms with Gasteiger partial charge in [0.1, 0.15) is 0 Å². The van der Waals surface area contributed by atoms with Gasteiger partial charge in [-0.25, -0.2) is 0 Å². The largest absolute Gasteiger partial charge is 0.481 e. The summed E-state index contributed by atoms with van der Waals surface area (Å²) >= 11 is 0. The minimum atomic E-state index is -5.10. The number of aryl methyl sites for hydroxylation is 2. The summed E-state index contributed by atoms with van der Waals surface area (Å²) in [7, 11) is 1.40. The Kier molecular flexibility index (Phi) is 9.80. The van der Waals surface area contributed by atoms with Crippen LogP contribution in [0.5, 0.6) is 0 Å². The number of alkyl halides is 9. The van der Waals surface area contributed by atoms with Crippen LogP contribution >= 0.6 is 0 Å². The monoisotopic (exact) mass is 680 g/mol. The van der Waals surface area contributed by atoms with Crippen LogP contribution in [0.1, 0.15) is 79.0 Å². The molecule has 17 heteroatoms. The summed E-state index contributed by atoms with van der Waals surface area (Å²) in [4.78, 5) is 15.5. The zero-order valence-corrected chi connectivity index (χ0v) is 25.9. The van der Waals surface area contributed by atoms with Crippen LogP contribution in [-0.4, -0.2) is 44.4 Å². The molecular formula is C30H33F9N6O2. The lowest BCUT2D eigenvalue weighted by molar-refractivity contribution is -0.143. The van der Waals surface area contributed by atoms with Crippen molar-refractivity contribution in [3.05, 3.63) is 63.7 Å². The van der Waals surface area contributed by atoms with Gasteiger partial charge in [0.05, 0.1) is 36.2 Å². The summed E-state index contributed by atoms with van der Waals surface area (Å²) in [6.07, 6.45) is -14.2. The second-order valence-electron chi connectivity index (χ2n) is 12.5. The Morgan fingerprint density at radius 2 is 1.57 bits per heavy atom.